The molecule has 0 radical (unpaired) electrons. The Hall–Kier alpha value is -2.98. The Morgan fingerprint density at radius 1 is 0.929 bits per heavy atom. The third kappa shape index (κ3) is 6.49. The van der Waals surface area contributed by atoms with Gasteiger partial charge in [-0.25, -0.2) is 4.79 Å². The van der Waals surface area contributed by atoms with Crippen molar-refractivity contribution in [2.45, 2.75) is 117 Å². The van der Waals surface area contributed by atoms with Gasteiger partial charge in [0.15, 0.2) is 5.78 Å². The number of hydrogen-bond acceptors (Lipinski definition) is 6. The lowest BCUT2D eigenvalue weighted by molar-refractivity contribution is -0.145. The molecule has 234 valence electrons. The number of urea groups is 1. The molecule has 1 heterocycles. The van der Waals surface area contributed by atoms with Gasteiger partial charge < -0.3 is 26.6 Å². The Labute approximate surface area is 248 Å². The van der Waals surface area contributed by atoms with Crippen molar-refractivity contribution >= 4 is 35.3 Å². The van der Waals surface area contributed by atoms with Gasteiger partial charge in [0.1, 0.15) is 12.1 Å². The van der Waals surface area contributed by atoms with Crippen molar-refractivity contribution in [3.63, 3.8) is 0 Å². The number of fused-ring (bicyclic) bond motifs is 1. The number of nitrogens with two attached hydrogens (primary N) is 1. The molecule has 5 amide bonds. The average molecular weight is 588 g/mol. The van der Waals surface area contributed by atoms with E-state index < -0.39 is 59.1 Å². The first kappa shape index (κ1) is 31.9. The van der Waals surface area contributed by atoms with E-state index in [-0.39, 0.29) is 41.3 Å². The van der Waals surface area contributed by atoms with Gasteiger partial charge in [0.05, 0.1) is 12.1 Å². The fourth-order valence-corrected chi connectivity index (χ4v) is 7.23. The third-order valence-electron chi connectivity index (χ3n) is 10.1. The van der Waals surface area contributed by atoms with Gasteiger partial charge in [-0.3, -0.25) is 24.0 Å². The van der Waals surface area contributed by atoms with E-state index >= 15 is 0 Å². The summed E-state index contributed by atoms with van der Waals surface area (Å²) in [5.74, 6) is -2.75. The maximum absolute atomic E-state index is 14.2. The molecule has 4 aliphatic rings. The van der Waals surface area contributed by atoms with Crippen LogP contribution < -0.4 is 21.7 Å². The molecule has 1 aliphatic heterocycles. The van der Waals surface area contributed by atoms with E-state index in [9.17, 15) is 28.8 Å². The Morgan fingerprint density at radius 2 is 1.55 bits per heavy atom. The first-order valence-electron chi connectivity index (χ1n) is 15.6. The molecular formula is C31H49N5O6. The molecule has 1 unspecified atom stereocenters. The minimum atomic E-state index is -1.12. The molecule has 11 nitrogen and oxygen atoms in total. The molecule has 1 saturated heterocycles. The van der Waals surface area contributed by atoms with Crippen LogP contribution in [0.3, 0.4) is 0 Å². The fourth-order valence-electron chi connectivity index (χ4n) is 7.23. The number of piperidine rings is 1. The van der Waals surface area contributed by atoms with Crippen molar-refractivity contribution in [1.29, 1.82) is 0 Å². The summed E-state index contributed by atoms with van der Waals surface area (Å²) >= 11 is 0. The van der Waals surface area contributed by atoms with Crippen molar-refractivity contribution in [1.82, 2.24) is 20.9 Å². The van der Waals surface area contributed by atoms with Gasteiger partial charge in [-0.05, 0) is 60.7 Å². The first-order chi connectivity index (χ1) is 19.6. The van der Waals surface area contributed by atoms with Crippen LogP contribution in [0.15, 0.2) is 0 Å². The number of hydrogen-bond donors (Lipinski definition) is 4. The molecule has 0 aromatic rings. The van der Waals surface area contributed by atoms with E-state index in [4.69, 9.17) is 5.73 Å². The normalized spacial score (nSPS) is 27.2. The second-order valence-electron chi connectivity index (χ2n) is 14.6. The van der Waals surface area contributed by atoms with E-state index in [0.29, 0.717) is 6.54 Å². The zero-order valence-electron chi connectivity index (χ0n) is 26.0. The van der Waals surface area contributed by atoms with Crippen LogP contribution in [0.25, 0.3) is 0 Å². The summed E-state index contributed by atoms with van der Waals surface area (Å²) in [5, 5.41) is 8.48. The lowest BCUT2D eigenvalue weighted by Crippen LogP contribution is -2.62. The summed E-state index contributed by atoms with van der Waals surface area (Å²) in [6, 6.07) is -4.02. The second-order valence-corrected chi connectivity index (χ2v) is 14.6. The van der Waals surface area contributed by atoms with E-state index in [1.807, 2.05) is 34.6 Å². The quantitative estimate of drug-likeness (QED) is 0.270. The molecule has 0 spiro atoms. The van der Waals surface area contributed by atoms with E-state index in [0.717, 1.165) is 44.9 Å². The Balaban J connectivity index is 1.51. The number of Topliss-reactive ketones (excluding diaryl/α,β-unsaturated/α-hetero) is 2. The number of carbonyl (C=O) groups is 6. The third-order valence-corrected chi connectivity index (χ3v) is 10.1. The summed E-state index contributed by atoms with van der Waals surface area (Å²) in [5.41, 5.74) is 4.30. The average Bonchev–Trinajstić information content (AvgIpc) is 3.81. The van der Waals surface area contributed by atoms with Gasteiger partial charge in [0, 0.05) is 12.5 Å². The van der Waals surface area contributed by atoms with Crippen molar-refractivity contribution in [2.24, 2.45) is 40.2 Å². The van der Waals surface area contributed by atoms with Crippen LogP contribution in [-0.4, -0.2) is 70.9 Å². The molecule has 5 N–H and O–H groups in total. The highest BCUT2D eigenvalue weighted by atomic mass is 16.2. The van der Waals surface area contributed by atoms with Gasteiger partial charge in [-0.15, -0.1) is 0 Å². The largest absolute Gasteiger partial charge is 0.363 e. The first-order valence-corrected chi connectivity index (χ1v) is 15.6. The predicted octanol–water partition coefficient (Wildman–Crippen LogP) is 2.06. The topological polar surface area (TPSA) is 168 Å². The Morgan fingerprint density at radius 3 is 2.07 bits per heavy atom. The molecule has 42 heavy (non-hydrogen) atoms. The van der Waals surface area contributed by atoms with Crippen molar-refractivity contribution in [3.8, 4) is 0 Å². The number of nitrogens with one attached hydrogen (secondary N) is 3. The molecule has 3 saturated carbocycles. The smallest absolute Gasteiger partial charge is 0.316 e. The number of amides is 5. The van der Waals surface area contributed by atoms with Gasteiger partial charge >= 0.3 is 6.03 Å². The highest BCUT2D eigenvalue weighted by Gasteiger charge is 2.70. The SMILES string of the molecule is CCC(NC(=O)[C@@H]1[C@@H]2[C@H](CN1C(=O)[C@@H](NC(=O)N[C@H](C(=O)C1CC1)C1CCCCC1)C(C)(C)C)C2(C)C)C(=O)C(N)=O. The molecule has 3 aliphatic carbocycles. The number of likely N-dealkylation sites (tertiary alicyclic amines) is 1. The summed E-state index contributed by atoms with van der Waals surface area (Å²) in [6.07, 6.45) is 6.88. The van der Waals surface area contributed by atoms with Crippen molar-refractivity contribution in [3.05, 3.63) is 0 Å². The summed E-state index contributed by atoms with van der Waals surface area (Å²) < 4.78 is 0. The lowest BCUT2D eigenvalue weighted by Gasteiger charge is -2.38. The number of carbonyl (C=O) groups excluding carboxylic acids is 6. The zero-order chi connectivity index (χ0) is 31.1. The maximum Gasteiger partial charge on any atom is 0.316 e. The van der Waals surface area contributed by atoms with Gasteiger partial charge in [-0.2, -0.15) is 0 Å². The van der Waals surface area contributed by atoms with Crippen LogP contribution in [0.5, 0.6) is 0 Å². The summed E-state index contributed by atoms with van der Waals surface area (Å²) in [7, 11) is 0. The molecule has 0 aromatic carbocycles. The van der Waals surface area contributed by atoms with E-state index in [2.05, 4.69) is 16.0 Å². The molecule has 6 atom stereocenters. The molecular weight excluding hydrogens is 538 g/mol. The van der Waals surface area contributed by atoms with Gasteiger partial charge in [0.2, 0.25) is 17.6 Å². The standard InChI is InChI=1S/C31H49N5O6/c1-7-19(24(38)26(32)39)33-27(40)22-20-18(31(20,5)6)15-36(22)28(41)25(30(2,3)4)35-29(42)34-21(23(37)17-13-14-17)16-11-9-8-10-12-16/h16-22,25H,7-15H2,1-6H3,(H2,32,39)(H,33,40)(H2,34,35,42)/t18-,19?,20-,21-,22-,25+/m0/s1. The lowest BCUT2D eigenvalue weighted by atomic mass is 9.81. The van der Waals surface area contributed by atoms with Crippen LogP contribution in [0.4, 0.5) is 4.79 Å². The number of nitrogens with zero attached hydrogens (tertiary/aromatic N) is 1. The van der Waals surface area contributed by atoms with Crippen LogP contribution in [0.2, 0.25) is 0 Å². The van der Waals surface area contributed by atoms with Crippen LogP contribution in [0, 0.1) is 34.5 Å². The van der Waals surface area contributed by atoms with Gasteiger partial charge in [-0.1, -0.05) is 60.8 Å². The molecule has 0 bridgehead atoms. The monoisotopic (exact) mass is 587 g/mol. The van der Waals surface area contributed by atoms with Crippen LogP contribution in [-0.2, 0) is 24.0 Å². The van der Waals surface area contributed by atoms with Crippen LogP contribution in [0.1, 0.15) is 92.9 Å². The fraction of sp³-hybridized carbons (Fsp3) is 0.806. The van der Waals surface area contributed by atoms with Gasteiger partial charge in [0.25, 0.3) is 5.91 Å². The summed E-state index contributed by atoms with van der Waals surface area (Å²) in [6.45, 7) is 11.6. The molecule has 4 fully saturated rings. The molecule has 4 rings (SSSR count). The second kappa shape index (κ2) is 12.0. The van der Waals surface area contributed by atoms with Crippen LogP contribution >= 0.6 is 0 Å². The highest BCUT2D eigenvalue weighted by Crippen LogP contribution is 2.65. The highest BCUT2D eigenvalue weighted by molar-refractivity contribution is 6.37. The van der Waals surface area contributed by atoms with Crippen molar-refractivity contribution in [2.75, 3.05) is 6.54 Å². The number of ketones is 2. The van der Waals surface area contributed by atoms with E-state index in [1.54, 1.807) is 6.92 Å². The minimum Gasteiger partial charge on any atom is -0.363 e. The maximum atomic E-state index is 14.2. The summed E-state index contributed by atoms with van der Waals surface area (Å²) in [4.78, 5) is 79.6. The molecule has 11 heteroatoms. The predicted molar refractivity (Wildman–Crippen MR) is 156 cm³/mol. The Bertz CT molecular complexity index is 1120. The zero-order valence-corrected chi connectivity index (χ0v) is 26.0. The minimum absolute atomic E-state index is 0.00427. The Kier molecular flexibility index (Phi) is 9.09. The number of rotatable bonds is 11. The molecule has 0 aromatic heterocycles. The van der Waals surface area contributed by atoms with E-state index in [1.165, 1.54) is 4.90 Å². The number of primary amides is 1. The van der Waals surface area contributed by atoms with Crippen molar-refractivity contribution < 1.29 is 28.8 Å².